The van der Waals surface area contributed by atoms with Crippen molar-refractivity contribution in [2.45, 2.75) is 33.7 Å². The molecule has 1 aromatic carbocycles. The topological polar surface area (TPSA) is 110 Å². The van der Waals surface area contributed by atoms with E-state index in [0.29, 0.717) is 5.56 Å². The molecule has 0 saturated carbocycles. The van der Waals surface area contributed by atoms with Crippen LogP contribution in [0.2, 0.25) is 0 Å². The fourth-order valence-electron chi connectivity index (χ4n) is 1.86. The van der Waals surface area contributed by atoms with E-state index in [1.807, 2.05) is 0 Å². The van der Waals surface area contributed by atoms with Gasteiger partial charge in [0.2, 0.25) is 0 Å². The number of hydrogen-bond donors (Lipinski definition) is 2. The Kier molecular flexibility index (Phi) is 4.67. The Hall–Kier alpha value is -2.44. The molecule has 1 amide bonds. The van der Waals surface area contributed by atoms with Crippen LogP contribution in [0.1, 0.15) is 36.7 Å². The summed E-state index contributed by atoms with van der Waals surface area (Å²) in [6.45, 7) is 6.63. The highest BCUT2D eigenvalue weighted by molar-refractivity contribution is 5.97. The van der Waals surface area contributed by atoms with Crippen LogP contribution in [0.3, 0.4) is 0 Å². The number of rotatable bonds is 4. The van der Waals surface area contributed by atoms with Crippen LogP contribution in [0.5, 0.6) is 0 Å². The molecule has 0 bridgehead atoms. The second-order valence-electron chi connectivity index (χ2n) is 5.87. The molecule has 2 N–H and O–H groups in total. The minimum atomic E-state index is -1.13. The highest BCUT2D eigenvalue weighted by Gasteiger charge is 2.32. The Labute approximate surface area is 122 Å². The normalized spacial score (nSPS) is 12.6. The van der Waals surface area contributed by atoms with E-state index in [0.717, 1.165) is 0 Å². The first-order valence-corrected chi connectivity index (χ1v) is 6.32. The zero-order chi connectivity index (χ0) is 16.4. The van der Waals surface area contributed by atoms with Gasteiger partial charge in [-0.3, -0.25) is 14.9 Å². The molecule has 0 radical (unpaired) electrons. The highest BCUT2D eigenvalue weighted by atomic mass is 16.6. The second-order valence-corrected chi connectivity index (χ2v) is 5.87. The fourth-order valence-corrected chi connectivity index (χ4v) is 1.86. The predicted octanol–water partition coefficient (Wildman–Crippen LogP) is 2.13. The number of carboxylic acid groups (broad SMARTS) is 1. The van der Waals surface area contributed by atoms with Crippen molar-refractivity contribution < 1.29 is 19.6 Å². The lowest BCUT2D eigenvalue weighted by atomic mass is 9.86. The van der Waals surface area contributed by atoms with Gasteiger partial charge in [0.05, 0.1) is 4.92 Å². The molecule has 7 nitrogen and oxygen atoms in total. The monoisotopic (exact) mass is 294 g/mol. The second kappa shape index (κ2) is 5.90. The third-order valence-corrected chi connectivity index (χ3v) is 3.04. The summed E-state index contributed by atoms with van der Waals surface area (Å²) in [4.78, 5) is 33.5. The number of carbonyl (C=O) groups is 2. The number of nitro groups is 1. The van der Waals surface area contributed by atoms with E-state index in [9.17, 15) is 24.8 Å². The standard InChI is InChI=1S/C14H18N2O5/c1-8-7-9(5-6-10(8)16(20)21)12(17)15-11(13(18)19)14(2,3)4/h5-7,11H,1-4H3,(H,15,17)(H,18,19). The van der Waals surface area contributed by atoms with Crippen LogP contribution in [0.4, 0.5) is 5.69 Å². The Morgan fingerprint density at radius 2 is 1.90 bits per heavy atom. The SMILES string of the molecule is Cc1cc(C(=O)NC(C(=O)O)C(C)(C)C)ccc1[N+](=O)[O-]. The largest absolute Gasteiger partial charge is 0.480 e. The van der Waals surface area contributed by atoms with Crippen molar-refractivity contribution in [2.24, 2.45) is 5.41 Å². The molecule has 0 spiro atoms. The van der Waals surface area contributed by atoms with E-state index in [4.69, 9.17) is 0 Å². The van der Waals surface area contributed by atoms with Gasteiger partial charge in [0.1, 0.15) is 6.04 Å². The average molecular weight is 294 g/mol. The number of amides is 1. The van der Waals surface area contributed by atoms with E-state index in [1.165, 1.54) is 25.1 Å². The fraction of sp³-hybridized carbons (Fsp3) is 0.429. The van der Waals surface area contributed by atoms with Crippen LogP contribution in [-0.2, 0) is 4.79 Å². The Balaban J connectivity index is 3.02. The maximum absolute atomic E-state index is 12.1. The Morgan fingerprint density at radius 3 is 2.29 bits per heavy atom. The lowest BCUT2D eigenvalue weighted by Gasteiger charge is -2.27. The Morgan fingerprint density at radius 1 is 1.33 bits per heavy atom. The molecule has 1 atom stereocenters. The van der Waals surface area contributed by atoms with Gasteiger partial charge in [0.25, 0.3) is 11.6 Å². The molecule has 0 aliphatic rings. The molecule has 1 rings (SSSR count). The highest BCUT2D eigenvalue weighted by Crippen LogP contribution is 2.21. The third-order valence-electron chi connectivity index (χ3n) is 3.04. The maximum atomic E-state index is 12.1. The molecule has 0 heterocycles. The number of aliphatic carboxylic acids is 1. The van der Waals surface area contributed by atoms with Gasteiger partial charge in [-0.1, -0.05) is 20.8 Å². The number of benzene rings is 1. The summed E-state index contributed by atoms with van der Waals surface area (Å²) in [5, 5.41) is 22.3. The average Bonchev–Trinajstić information content (AvgIpc) is 2.33. The van der Waals surface area contributed by atoms with Crippen molar-refractivity contribution in [3.05, 3.63) is 39.4 Å². The van der Waals surface area contributed by atoms with Crippen molar-refractivity contribution in [2.75, 3.05) is 0 Å². The number of carbonyl (C=O) groups excluding carboxylic acids is 1. The van der Waals surface area contributed by atoms with E-state index in [-0.39, 0.29) is 11.3 Å². The molecule has 0 saturated heterocycles. The lowest BCUT2D eigenvalue weighted by molar-refractivity contribution is -0.385. The number of hydrogen-bond acceptors (Lipinski definition) is 4. The molecular weight excluding hydrogens is 276 g/mol. The molecule has 114 valence electrons. The maximum Gasteiger partial charge on any atom is 0.326 e. The summed E-state index contributed by atoms with van der Waals surface area (Å²) in [5.74, 6) is -1.70. The van der Waals surface area contributed by atoms with Gasteiger partial charge in [-0.05, 0) is 24.5 Å². The molecule has 1 unspecified atom stereocenters. The van der Waals surface area contributed by atoms with Gasteiger partial charge in [-0.2, -0.15) is 0 Å². The zero-order valence-corrected chi connectivity index (χ0v) is 12.3. The minimum absolute atomic E-state index is 0.0860. The van der Waals surface area contributed by atoms with Crippen molar-refractivity contribution >= 4 is 17.6 Å². The molecule has 0 fully saturated rings. The van der Waals surface area contributed by atoms with Crippen molar-refractivity contribution in [1.29, 1.82) is 0 Å². The molecule has 7 heteroatoms. The summed E-state index contributed by atoms with van der Waals surface area (Å²) in [7, 11) is 0. The first-order valence-electron chi connectivity index (χ1n) is 6.32. The summed E-state index contributed by atoms with van der Waals surface area (Å²) >= 11 is 0. The molecule has 0 aliphatic carbocycles. The van der Waals surface area contributed by atoms with Crippen LogP contribution in [-0.4, -0.2) is 27.9 Å². The number of nitro benzene ring substituents is 1. The van der Waals surface area contributed by atoms with Crippen molar-refractivity contribution in [3.63, 3.8) is 0 Å². The minimum Gasteiger partial charge on any atom is -0.480 e. The van der Waals surface area contributed by atoms with E-state index < -0.39 is 28.3 Å². The van der Waals surface area contributed by atoms with Gasteiger partial charge >= 0.3 is 5.97 Å². The first kappa shape index (κ1) is 16.6. The van der Waals surface area contributed by atoms with Gasteiger partial charge in [0, 0.05) is 17.2 Å². The van der Waals surface area contributed by atoms with Crippen LogP contribution < -0.4 is 5.32 Å². The van der Waals surface area contributed by atoms with Crippen molar-refractivity contribution in [1.82, 2.24) is 5.32 Å². The van der Waals surface area contributed by atoms with E-state index in [2.05, 4.69) is 5.32 Å². The molecule has 21 heavy (non-hydrogen) atoms. The smallest absolute Gasteiger partial charge is 0.326 e. The number of aryl methyl sites for hydroxylation is 1. The molecule has 1 aromatic rings. The van der Waals surface area contributed by atoms with Gasteiger partial charge < -0.3 is 10.4 Å². The van der Waals surface area contributed by atoms with Gasteiger partial charge in [-0.25, -0.2) is 4.79 Å². The Bertz CT molecular complexity index is 590. The van der Waals surface area contributed by atoms with Gasteiger partial charge in [-0.15, -0.1) is 0 Å². The lowest BCUT2D eigenvalue weighted by Crippen LogP contribution is -2.49. The first-order chi connectivity index (χ1) is 9.54. The molecule has 0 aromatic heterocycles. The summed E-state index contributed by atoms with van der Waals surface area (Å²) in [6, 6.07) is 2.86. The molecular formula is C14H18N2O5. The number of nitrogens with zero attached hydrogens (tertiary/aromatic N) is 1. The summed E-state index contributed by atoms with van der Waals surface area (Å²) in [6.07, 6.45) is 0. The predicted molar refractivity (Wildman–Crippen MR) is 76.2 cm³/mol. The van der Waals surface area contributed by atoms with Crippen LogP contribution in [0.15, 0.2) is 18.2 Å². The third kappa shape index (κ3) is 4.01. The molecule has 0 aliphatic heterocycles. The van der Waals surface area contributed by atoms with Crippen LogP contribution >= 0.6 is 0 Å². The quantitative estimate of drug-likeness (QED) is 0.653. The van der Waals surface area contributed by atoms with Crippen LogP contribution in [0.25, 0.3) is 0 Å². The number of carboxylic acids is 1. The summed E-state index contributed by atoms with van der Waals surface area (Å²) < 4.78 is 0. The van der Waals surface area contributed by atoms with Crippen LogP contribution in [0, 0.1) is 22.5 Å². The van der Waals surface area contributed by atoms with Crippen molar-refractivity contribution in [3.8, 4) is 0 Å². The summed E-state index contributed by atoms with van der Waals surface area (Å²) in [5.41, 5.74) is -0.210. The van der Waals surface area contributed by atoms with Gasteiger partial charge in [0.15, 0.2) is 0 Å². The zero-order valence-electron chi connectivity index (χ0n) is 12.3. The van der Waals surface area contributed by atoms with E-state index in [1.54, 1.807) is 20.8 Å². The number of nitrogens with one attached hydrogen (secondary N) is 1. The van der Waals surface area contributed by atoms with E-state index >= 15 is 0 Å².